The minimum absolute atomic E-state index is 0.845. The van der Waals surface area contributed by atoms with E-state index in [0.717, 1.165) is 50.7 Å². The Morgan fingerprint density at radius 2 is 1.94 bits per heavy atom. The van der Waals surface area contributed by atoms with Crippen molar-refractivity contribution in [3.05, 3.63) is 23.2 Å². The van der Waals surface area contributed by atoms with Crippen LogP contribution in [0.15, 0.2) is 10.5 Å². The molecule has 0 fully saturated rings. The highest BCUT2D eigenvalue weighted by Crippen LogP contribution is 2.16. The first-order chi connectivity index (χ1) is 8.21. The second-order valence-corrected chi connectivity index (χ2v) is 4.46. The molecular weight excluding hydrogens is 212 g/mol. The first-order valence-electron chi connectivity index (χ1n) is 6.72. The molecule has 0 bridgehead atoms. The van der Waals surface area contributed by atoms with E-state index in [1.54, 1.807) is 0 Å². The molecule has 1 aromatic heterocycles. The summed E-state index contributed by atoms with van der Waals surface area (Å²) in [6, 6.07) is 2.17. The van der Waals surface area contributed by atoms with Crippen LogP contribution in [0.2, 0.25) is 0 Å². The zero-order valence-corrected chi connectivity index (χ0v) is 11.7. The lowest BCUT2D eigenvalue weighted by Crippen LogP contribution is -2.21. The van der Waals surface area contributed by atoms with Crippen LogP contribution >= 0.6 is 0 Å². The van der Waals surface area contributed by atoms with Crippen molar-refractivity contribution in [2.75, 3.05) is 19.6 Å². The Kier molecular flexibility index (Phi) is 6.30. The lowest BCUT2D eigenvalue weighted by atomic mass is 10.2. The van der Waals surface area contributed by atoms with Crippen LogP contribution in [0.5, 0.6) is 0 Å². The largest absolute Gasteiger partial charge is 0.463 e. The summed E-state index contributed by atoms with van der Waals surface area (Å²) in [4.78, 5) is 2.36. The van der Waals surface area contributed by atoms with Crippen molar-refractivity contribution in [1.29, 1.82) is 0 Å². The van der Waals surface area contributed by atoms with Crippen molar-refractivity contribution in [1.82, 2.24) is 10.2 Å². The van der Waals surface area contributed by atoms with Gasteiger partial charge in [-0.25, -0.2) is 0 Å². The Morgan fingerprint density at radius 3 is 2.53 bits per heavy atom. The molecule has 1 rings (SSSR count). The lowest BCUT2D eigenvalue weighted by molar-refractivity contribution is 0.264. The van der Waals surface area contributed by atoms with Gasteiger partial charge in [-0.3, -0.25) is 4.90 Å². The van der Waals surface area contributed by atoms with Crippen LogP contribution in [0.3, 0.4) is 0 Å². The highest BCUT2D eigenvalue weighted by molar-refractivity contribution is 5.20. The summed E-state index contributed by atoms with van der Waals surface area (Å²) in [6.07, 6.45) is 1.16. The standard InChI is InChI=1S/C14H26N2O/c1-5-8-15-10-14-12(4)9-13(17-14)11-16(6-2)7-3/h9,15H,5-8,10-11H2,1-4H3. The molecule has 0 aliphatic carbocycles. The molecule has 3 nitrogen and oxygen atoms in total. The van der Waals surface area contributed by atoms with Gasteiger partial charge in [0, 0.05) is 0 Å². The fourth-order valence-electron chi connectivity index (χ4n) is 1.89. The fraction of sp³-hybridized carbons (Fsp3) is 0.714. The topological polar surface area (TPSA) is 28.4 Å². The number of rotatable bonds is 8. The quantitative estimate of drug-likeness (QED) is 0.706. The monoisotopic (exact) mass is 238 g/mol. The van der Waals surface area contributed by atoms with Crippen LogP contribution in [0.1, 0.15) is 44.3 Å². The maximum atomic E-state index is 5.89. The van der Waals surface area contributed by atoms with E-state index in [9.17, 15) is 0 Å². The Bertz CT molecular complexity index is 316. The summed E-state index contributed by atoms with van der Waals surface area (Å²) in [5.74, 6) is 2.17. The van der Waals surface area contributed by atoms with Gasteiger partial charge in [-0.05, 0) is 44.6 Å². The number of hydrogen-bond donors (Lipinski definition) is 1. The SMILES string of the molecule is CCCNCc1oc(CN(CC)CC)cc1C. The molecule has 0 atom stereocenters. The van der Waals surface area contributed by atoms with E-state index in [-0.39, 0.29) is 0 Å². The van der Waals surface area contributed by atoms with Crippen LogP contribution in [0.4, 0.5) is 0 Å². The van der Waals surface area contributed by atoms with Gasteiger partial charge in [-0.1, -0.05) is 20.8 Å². The third-order valence-electron chi connectivity index (χ3n) is 3.06. The van der Waals surface area contributed by atoms with Crippen molar-refractivity contribution in [2.45, 2.75) is 47.2 Å². The van der Waals surface area contributed by atoms with Crippen LogP contribution in [-0.4, -0.2) is 24.5 Å². The smallest absolute Gasteiger partial charge is 0.120 e. The maximum absolute atomic E-state index is 5.89. The summed E-state index contributed by atoms with van der Waals surface area (Å²) in [6.45, 7) is 13.6. The van der Waals surface area contributed by atoms with Gasteiger partial charge in [0.25, 0.3) is 0 Å². The molecule has 1 heterocycles. The normalized spacial score (nSPS) is 11.4. The molecule has 0 saturated heterocycles. The van der Waals surface area contributed by atoms with E-state index in [2.05, 4.69) is 44.0 Å². The van der Waals surface area contributed by atoms with Gasteiger partial charge in [0.15, 0.2) is 0 Å². The zero-order chi connectivity index (χ0) is 12.7. The number of nitrogens with zero attached hydrogens (tertiary/aromatic N) is 1. The Balaban J connectivity index is 2.54. The van der Waals surface area contributed by atoms with Gasteiger partial charge in [0.1, 0.15) is 11.5 Å². The molecule has 0 amide bonds. The van der Waals surface area contributed by atoms with E-state index < -0.39 is 0 Å². The van der Waals surface area contributed by atoms with Gasteiger partial charge in [-0.2, -0.15) is 0 Å². The zero-order valence-electron chi connectivity index (χ0n) is 11.7. The molecule has 0 saturated carbocycles. The van der Waals surface area contributed by atoms with E-state index in [0.29, 0.717) is 0 Å². The van der Waals surface area contributed by atoms with E-state index in [1.165, 1.54) is 5.56 Å². The second kappa shape index (κ2) is 7.51. The third-order valence-corrected chi connectivity index (χ3v) is 3.06. The molecule has 0 aromatic carbocycles. The molecule has 0 aliphatic heterocycles. The van der Waals surface area contributed by atoms with Crippen molar-refractivity contribution in [3.63, 3.8) is 0 Å². The number of furan rings is 1. The molecule has 98 valence electrons. The predicted octanol–water partition coefficient (Wildman–Crippen LogP) is 2.93. The van der Waals surface area contributed by atoms with Gasteiger partial charge in [0.2, 0.25) is 0 Å². The summed E-state index contributed by atoms with van der Waals surface area (Å²) in [7, 11) is 0. The minimum Gasteiger partial charge on any atom is -0.463 e. The molecule has 17 heavy (non-hydrogen) atoms. The highest BCUT2D eigenvalue weighted by Gasteiger charge is 2.09. The van der Waals surface area contributed by atoms with Crippen LogP contribution in [-0.2, 0) is 13.1 Å². The molecular formula is C14H26N2O. The van der Waals surface area contributed by atoms with Crippen molar-refractivity contribution < 1.29 is 4.42 Å². The van der Waals surface area contributed by atoms with Gasteiger partial charge in [0.05, 0.1) is 13.1 Å². The highest BCUT2D eigenvalue weighted by atomic mass is 16.3. The van der Waals surface area contributed by atoms with Crippen molar-refractivity contribution >= 4 is 0 Å². The average molecular weight is 238 g/mol. The first-order valence-corrected chi connectivity index (χ1v) is 6.72. The predicted molar refractivity (Wildman–Crippen MR) is 72.1 cm³/mol. The first kappa shape index (κ1) is 14.3. The molecule has 1 N–H and O–H groups in total. The second-order valence-electron chi connectivity index (χ2n) is 4.46. The Morgan fingerprint density at radius 1 is 1.24 bits per heavy atom. The summed E-state index contributed by atoms with van der Waals surface area (Å²) in [5.41, 5.74) is 1.26. The van der Waals surface area contributed by atoms with Crippen LogP contribution < -0.4 is 5.32 Å². The van der Waals surface area contributed by atoms with E-state index >= 15 is 0 Å². The van der Waals surface area contributed by atoms with Gasteiger partial charge >= 0.3 is 0 Å². The van der Waals surface area contributed by atoms with E-state index in [1.807, 2.05) is 0 Å². The molecule has 1 aromatic rings. The van der Waals surface area contributed by atoms with Gasteiger partial charge in [-0.15, -0.1) is 0 Å². The van der Waals surface area contributed by atoms with Crippen molar-refractivity contribution in [2.24, 2.45) is 0 Å². The molecule has 0 unspecified atom stereocenters. The fourth-order valence-corrected chi connectivity index (χ4v) is 1.89. The summed E-state index contributed by atoms with van der Waals surface area (Å²) in [5, 5.41) is 3.38. The van der Waals surface area contributed by atoms with E-state index in [4.69, 9.17) is 4.42 Å². The van der Waals surface area contributed by atoms with Crippen LogP contribution in [0.25, 0.3) is 0 Å². The number of nitrogens with one attached hydrogen (secondary N) is 1. The lowest BCUT2D eigenvalue weighted by Gasteiger charge is -2.15. The molecule has 0 radical (unpaired) electrons. The Labute approximate surface area is 105 Å². The van der Waals surface area contributed by atoms with Crippen molar-refractivity contribution in [3.8, 4) is 0 Å². The third kappa shape index (κ3) is 4.52. The average Bonchev–Trinajstić information content (AvgIpc) is 2.67. The molecule has 0 aliphatic rings. The number of hydrogen-bond acceptors (Lipinski definition) is 3. The minimum atomic E-state index is 0.845. The summed E-state index contributed by atoms with van der Waals surface area (Å²) < 4.78 is 5.89. The van der Waals surface area contributed by atoms with Crippen LogP contribution in [0, 0.1) is 6.92 Å². The number of aryl methyl sites for hydroxylation is 1. The molecule has 3 heteroatoms. The van der Waals surface area contributed by atoms with Gasteiger partial charge < -0.3 is 9.73 Å². The maximum Gasteiger partial charge on any atom is 0.120 e. The Hall–Kier alpha value is -0.800. The molecule has 0 spiro atoms. The summed E-state index contributed by atoms with van der Waals surface area (Å²) >= 11 is 0.